The van der Waals surface area contributed by atoms with E-state index < -0.39 is 0 Å². The molecule has 0 atom stereocenters. The highest BCUT2D eigenvalue weighted by Gasteiger charge is 1.99. The van der Waals surface area contributed by atoms with Gasteiger partial charge in [0.15, 0.2) is 0 Å². The lowest BCUT2D eigenvalue weighted by Crippen LogP contribution is -2.39. The molecule has 0 unspecified atom stereocenters. The maximum atomic E-state index is 11.2. The van der Waals surface area contributed by atoms with E-state index >= 15 is 0 Å². The third kappa shape index (κ3) is 5.28. The van der Waals surface area contributed by atoms with Gasteiger partial charge in [0.2, 0.25) is 0 Å². The Hall–Kier alpha value is -1.66. The molecule has 0 aromatic heterocycles. The van der Waals surface area contributed by atoms with Gasteiger partial charge in [0.05, 0.1) is 11.6 Å². The van der Waals surface area contributed by atoms with Crippen molar-refractivity contribution in [3.8, 4) is 11.8 Å². The number of halogens is 1. The van der Waals surface area contributed by atoms with Gasteiger partial charge >= 0.3 is 6.03 Å². The molecule has 0 fully saturated rings. The van der Waals surface area contributed by atoms with Crippen LogP contribution in [0.4, 0.5) is 4.79 Å². The molecule has 0 aliphatic rings. The summed E-state index contributed by atoms with van der Waals surface area (Å²) in [5.41, 5.74) is 0.764. The third-order valence-corrected chi connectivity index (χ3v) is 2.18. The van der Waals surface area contributed by atoms with E-state index in [9.17, 15) is 4.79 Å². The summed E-state index contributed by atoms with van der Waals surface area (Å²) in [4.78, 5) is 11.2. The summed E-state index contributed by atoms with van der Waals surface area (Å²) >= 11 is 5.93. The molecule has 0 radical (unpaired) electrons. The number of amides is 2. The summed E-state index contributed by atoms with van der Waals surface area (Å²) in [6, 6.07) is 7.24. The number of nitrogens with one attached hydrogen (secondary N) is 2. The van der Waals surface area contributed by atoms with Crippen molar-refractivity contribution < 1.29 is 4.79 Å². The second-order valence-electron chi connectivity index (χ2n) is 3.76. The first-order valence-electron chi connectivity index (χ1n) is 5.37. The molecule has 4 heteroatoms. The second-order valence-corrected chi connectivity index (χ2v) is 4.17. The monoisotopic (exact) mass is 250 g/mol. The largest absolute Gasteiger partial charge is 0.336 e. The molecule has 2 amide bonds. The van der Waals surface area contributed by atoms with Gasteiger partial charge in [-0.15, -0.1) is 0 Å². The van der Waals surface area contributed by atoms with E-state index in [-0.39, 0.29) is 12.1 Å². The maximum absolute atomic E-state index is 11.2. The van der Waals surface area contributed by atoms with Crippen LogP contribution in [0.1, 0.15) is 19.4 Å². The van der Waals surface area contributed by atoms with Crippen LogP contribution >= 0.6 is 11.6 Å². The summed E-state index contributed by atoms with van der Waals surface area (Å²) in [7, 11) is 0. The fraction of sp³-hybridized carbons (Fsp3) is 0.308. The van der Waals surface area contributed by atoms with Gasteiger partial charge in [0, 0.05) is 11.6 Å². The third-order valence-electron chi connectivity index (χ3n) is 1.85. The molecule has 0 aliphatic heterocycles. The number of urea groups is 1. The Kier molecular flexibility index (Phi) is 5.38. The van der Waals surface area contributed by atoms with Crippen LogP contribution in [-0.2, 0) is 0 Å². The minimum atomic E-state index is -0.214. The van der Waals surface area contributed by atoms with Gasteiger partial charge in [0.25, 0.3) is 0 Å². The minimum absolute atomic E-state index is 0.117. The summed E-state index contributed by atoms with van der Waals surface area (Å²) in [5.74, 6) is 5.74. The molecule has 0 bridgehead atoms. The molecule has 0 heterocycles. The number of carbonyl (C=O) groups excluding carboxylic acids is 1. The van der Waals surface area contributed by atoms with E-state index in [0.717, 1.165) is 5.56 Å². The fourth-order valence-electron chi connectivity index (χ4n) is 1.14. The van der Waals surface area contributed by atoms with Crippen molar-refractivity contribution in [2.24, 2.45) is 0 Å². The van der Waals surface area contributed by atoms with Gasteiger partial charge in [-0.25, -0.2) is 4.79 Å². The van der Waals surface area contributed by atoms with E-state index in [1.165, 1.54) is 0 Å². The van der Waals surface area contributed by atoms with Crippen molar-refractivity contribution >= 4 is 17.6 Å². The zero-order chi connectivity index (χ0) is 12.7. The molecule has 1 aromatic rings. The van der Waals surface area contributed by atoms with E-state index in [4.69, 9.17) is 11.6 Å². The molecule has 1 aromatic carbocycles. The molecular formula is C13H15ClN2O. The van der Waals surface area contributed by atoms with Crippen LogP contribution in [-0.4, -0.2) is 18.6 Å². The van der Waals surface area contributed by atoms with Crippen LogP contribution in [0.3, 0.4) is 0 Å². The average Bonchev–Trinajstić information content (AvgIpc) is 2.25. The van der Waals surface area contributed by atoms with Gasteiger partial charge in [-0.1, -0.05) is 35.6 Å². The Labute approximate surface area is 107 Å². The molecule has 90 valence electrons. The van der Waals surface area contributed by atoms with Crippen molar-refractivity contribution in [1.29, 1.82) is 0 Å². The molecule has 1 rings (SSSR count). The van der Waals surface area contributed by atoms with Crippen molar-refractivity contribution in [3.05, 3.63) is 34.9 Å². The van der Waals surface area contributed by atoms with E-state index in [0.29, 0.717) is 11.6 Å². The first-order valence-corrected chi connectivity index (χ1v) is 5.75. The van der Waals surface area contributed by atoms with Crippen LogP contribution in [0.15, 0.2) is 24.3 Å². The molecule has 0 saturated carbocycles. The smallest absolute Gasteiger partial charge is 0.315 e. The molecule has 0 aliphatic carbocycles. The van der Waals surface area contributed by atoms with Crippen molar-refractivity contribution in [2.75, 3.05) is 6.54 Å². The lowest BCUT2D eigenvalue weighted by molar-refractivity contribution is 0.240. The lowest BCUT2D eigenvalue weighted by atomic mass is 10.2. The fourth-order valence-corrected chi connectivity index (χ4v) is 1.32. The van der Waals surface area contributed by atoms with Gasteiger partial charge in [-0.3, -0.25) is 0 Å². The zero-order valence-corrected chi connectivity index (χ0v) is 10.6. The molecule has 17 heavy (non-hydrogen) atoms. The Bertz CT molecular complexity index is 446. The standard InChI is InChI=1S/C13H15ClN2O/c1-10(2)16-13(17)15-9-5-7-11-6-3-4-8-12(11)14/h3-4,6,8,10H,9H2,1-2H3,(H2,15,16,17). The highest BCUT2D eigenvalue weighted by Crippen LogP contribution is 2.12. The maximum Gasteiger partial charge on any atom is 0.315 e. The number of hydrogen-bond donors (Lipinski definition) is 2. The second kappa shape index (κ2) is 6.82. The summed E-state index contributed by atoms with van der Waals surface area (Å²) < 4.78 is 0. The van der Waals surface area contributed by atoms with Crippen LogP contribution < -0.4 is 10.6 Å². The summed E-state index contributed by atoms with van der Waals surface area (Å²) in [6.07, 6.45) is 0. The van der Waals surface area contributed by atoms with Crippen LogP contribution in [0.2, 0.25) is 5.02 Å². The molecule has 0 saturated heterocycles. The number of benzene rings is 1. The lowest BCUT2D eigenvalue weighted by Gasteiger charge is -2.07. The van der Waals surface area contributed by atoms with Crippen LogP contribution in [0.25, 0.3) is 0 Å². The Balaban J connectivity index is 2.42. The SMILES string of the molecule is CC(C)NC(=O)NCC#Cc1ccccc1Cl. The highest BCUT2D eigenvalue weighted by molar-refractivity contribution is 6.31. The van der Waals surface area contributed by atoms with Crippen molar-refractivity contribution in [1.82, 2.24) is 10.6 Å². The predicted molar refractivity (Wildman–Crippen MR) is 70.0 cm³/mol. The average molecular weight is 251 g/mol. The molecule has 0 spiro atoms. The first kappa shape index (κ1) is 13.4. The minimum Gasteiger partial charge on any atom is -0.336 e. The summed E-state index contributed by atoms with van der Waals surface area (Å²) in [5, 5.41) is 5.96. The van der Waals surface area contributed by atoms with Gasteiger partial charge in [0.1, 0.15) is 0 Å². The normalized spacial score (nSPS) is 9.41. The molecule has 3 nitrogen and oxygen atoms in total. The van der Waals surface area contributed by atoms with Gasteiger partial charge < -0.3 is 10.6 Å². The number of rotatable bonds is 2. The highest BCUT2D eigenvalue weighted by atomic mass is 35.5. The Morgan fingerprint density at radius 2 is 2.12 bits per heavy atom. The quantitative estimate of drug-likeness (QED) is 0.778. The first-order chi connectivity index (χ1) is 8.09. The van der Waals surface area contributed by atoms with Crippen LogP contribution in [0.5, 0.6) is 0 Å². The predicted octanol–water partition coefficient (Wildman–Crippen LogP) is 2.40. The topological polar surface area (TPSA) is 41.1 Å². The van der Waals surface area contributed by atoms with Crippen LogP contribution in [0, 0.1) is 11.8 Å². The molecule has 2 N–H and O–H groups in total. The summed E-state index contributed by atoms with van der Waals surface area (Å²) in [6.45, 7) is 4.09. The zero-order valence-electron chi connectivity index (χ0n) is 9.88. The van der Waals surface area contributed by atoms with Crippen molar-refractivity contribution in [3.63, 3.8) is 0 Å². The molecular weight excluding hydrogens is 236 g/mol. The van der Waals surface area contributed by atoms with E-state index in [2.05, 4.69) is 22.5 Å². The van der Waals surface area contributed by atoms with E-state index in [1.807, 2.05) is 32.0 Å². The Morgan fingerprint density at radius 3 is 2.76 bits per heavy atom. The van der Waals surface area contributed by atoms with Gasteiger partial charge in [-0.05, 0) is 26.0 Å². The number of carbonyl (C=O) groups is 1. The Morgan fingerprint density at radius 1 is 1.41 bits per heavy atom. The van der Waals surface area contributed by atoms with Crippen molar-refractivity contribution in [2.45, 2.75) is 19.9 Å². The number of hydrogen-bond acceptors (Lipinski definition) is 1. The van der Waals surface area contributed by atoms with Gasteiger partial charge in [-0.2, -0.15) is 0 Å². The van der Waals surface area contributed by atoms with E-state index in [1.54, 1.807) is 6.07 Å².